The fourth-order valence-electron chi connectivity index (χ4n) is 4.49. The van der Waals surface area contributed by atoms with Crippen LogP contribution in [0.5, 0.6) is 0 Å². The number of hydrogen-bond acceptors (Lipinski definition) is 8. The summed E-state index contributed by atoms with van der Waals surface area (Å²) < 4.78 is 15.2. The molecule has 196 valence electrons. The highest BCUT2D eigenvalue weighted by Gasteiger charge is 2.57. The number of anilines is 1. The molecule has 0 aliphatic carbocycles. The lowest BCUT2D eigenvalue weighted by molar-refractivity contribution is -0.175. The van der Waals surface area contributed by atoms with Crippen LogP contribution in [0.1, 0.15) is 45.2 Å². The lowest BCUT2D eigenvalue weighted by Crippen LogP contribution is -2.61. The van der Waals surface area contributed by atoms with Crippen molar-refractivity contribution in [1.29, 1.82) is 0 Å². The second-order valence-electron chi connectivity index (χ2n) is 10.2. The van der Waals surface area contributed by atoms with Crippen molar-refractivity contribution in [2.45, 2.75) is 52.7 Å². The zero-order chi connectivity index (χ0) is 26.9. The number of aliphatic hydroxyl groups excluding tert-OH is 1. The van der Waals surface area contributed by atoms with Crippen molar-refractivity contribution >= 4 is 35.0 Å². The van der Waals surface area contributed by atoms with Gasteiger partial charge in [0, 0.05) is 0 Å². The molecule has 2 aromatic rings. The highest BCUT2D eigenvalue weighted by Crippen LogP contribution is 2.47. The average Bonchev–Trinajstić information content (AvgIpc) is 3.44. The van der Waals surface area contributed by atoms with Crippen molar-refractivity contribution in [3.63, 3.8) is 0 Å². The number of esters is 2. The van der Waals surface area contributed by atoms with Crippen LogP contribution < -0.4 is 5.32 Å². The Labute approximate surface area is 214 Å². The minimum Gasteiger partial charge on any atom is -0.470 e. The standard InChI is InChI=1S/C27H30N2O8/c1-15(30)22-20-12-19(17-7-5-16(6-8-17)11-21(31)28-18-9-10-35-13-18)23(29(20)24(22)32)25(33)36-14-37-26(34)27(2,3)4/h5-10,13,15,20,22,30H,11-12,14H2,1-4H3,(H,28,31)/t15-,20-,22-/m1/s1. The Balaban J connectivity index is 1.51. The molecule has 10 nitrogen and oxygen atoms in total. The molecule has 4 rings (SSSR count). The maximum absolute atomic E-state index is 13.0. The summed E-state index contributed by atoms with van der Waals surface area (Å²) in [7, 11) is 0. The number of hydrogen-bond donors (Lipinski definition) is 2. The van der Waals surface area contributed by atoms with Crippen LogP contribution in [-0.4, -0.2) is 52.7 Å². The Hall–Kier alpha value is -3.92. The number of nitrogens with zero attached hydrogens (tertiary/aromatic N) is 1. The molecule has 3 heterocycles. The molecule has 2 N–H and O–H groups in total. The van der Waals surface area contributed by atoms with Crippen LogP contribution in [0, 0.1) is 11.3 Å². The van der Waals surface area contributed by atoms with Gasteiger partial charge in [-0.3, -0.25) is 14.4 Å². The predicted octanol–water partition coefficient (Wildman–Crippen LogP) is 2.87. The summed E-state index contributed by atoms with van der Waals surface area (Å²) in [6, 6.07) is 8.36. The van der Waals surface area contributed by atoms with Gasteiger partial charge < -0.3 is 29.2 Å². The molecule has 1 fully saturated rings. The van der Waals surface area contributed by atoms with Crippen LogP contribution in [0.25, 0.3) is 5.57 Å². The molecule has 37 heavy (non-hydrogen) atoms. The second kappa shape index (κ2) is 10.2. The van der Waals surface area contributed by atoms with Gasteiger partial charge in [-0.15, -0.1) is 0 Å². The summed E-state index contributed by atoms with van der Waals surface area (Å²) in [5.74, 6) is -2.51. The van der Waals surface area contributed by atoms with Gasteiger partial charge in [-0.25, -0.2) is 4.79 Å². The highest BCUT2D eigenvalue weighted by atomic mass is 16.7. The Kier molecular flexibility index (Phi) is 7.22. The number of rotatable bonds is 8. The van der Waals surface area contributed by atoms with E-state index < -0.39 is 36.2 Å². The highest BCUT2D eigenvalue weighted by molar-refractivity contribution is 6.06. The van der Waals surface area contributed by atoms with E-state index in [0.29, 0.717) is 23.2 Å². The van der Waals surface area contributed by atoms with Gasteiger partial charge in [0.15, 0.2) is 0 Å². The second-order valence-corrected chi connectivity index (χ2v) is 10.2. The summed E-state index contributed by atoms with van der Waals surface area (Å²) in [4.78, 5) is 51.5. The molecule has 2 amide bonds. The Bertz CT molecular complexity index is 1220. The van der Waals surface area contributed by atoms with E-state index in [1.165, 1.54) is 17.4 Å². The number of furan rings is 1. The summed E-state index contributed by atoms with van der Waals surface area (Å²) in [5, 5.41) is 12.8. The lowest BCUT2D eigenvalue weighted by atomic mass is 9.82. The average molecular weight is 511 g/mol. The van der Waals surface area contributed by atoms with Gasteiger partial charge in [0.25, 0.3) is 0 Å². The summed E-state index contributed by atoms with van der Waals surface area (Å²) in [5.41, 5.74) is 1.90. The van der Waals surface area contributed by atoms with Gasteiger partial charge in [0.2, 0.25) is 18.6 Å². The first-order valence-corrected chi connectivity index (χ1v) is 12.0. The van der Waals surface area contributed by atoms with E-state index in [9.17, 15) is 24.3 Å². The maximum atomic E-state index is 13.0. The molecule has 0 unspecified atom stereocenters. The smallest absolute Gasteiger partial charge is 0.358 e. The number of fused-ring (bicyclic) bond motifs is 1. The van der Waals surface area contributed by atoms with E-state index in [1.807, 2.05) is 0 Å². The third-order valence-electron chi connectivity index (χ3n) is 6.39. The minimum atomic E-state index is -0.866. The van der Waals surface area contributed by atoms with Crippen molar-refractivity contribution in [3.05, 3.63) is 59.7 Å². The van der Waals surface area contributed by atoms with Gasteiger partial charge in [-0.1, -0.05) is 24.3 Å². The monoisotopic (exact) mass is 510 g/mol. The number of carbonyl (C=O) groups is 4. The molecule has 1 aromatic heterocycles. The van der Waals surface area contributed by atoms with Crippen LogP contribution in [-0.2, 0) is 35.1 Å². The van der Waals surface area contributed by atoms with E-state index in [4.69, 9.17) is 13.9 Å². The third kappa shape index (κ3) is 5.43. The first kappa shape index (κ1) is 26.2. The molecule has 0 radical (unpaired) electrons. The van der Waals surface area contributed by atoms with E-state index in [2.05, 4.69) is 5.32 Å². The number of β-lactam (4-membered cyclic amide) rings is 1. The quantitative estimate of drug-likeness (QED) is 0.314. The van der Waals surface area contributed by atoms with Gasteiger partial charge in [-0.2, -0.15) is 0 Å². The molecule has 1 aromatic carbocycles. The topological polar surface area (TPSA) is 135 Å². The van der Waals surface area contributed by atoms with Crippen molar-refractivity contribution in [2.24, 2.45) is 11.3 Å². The SMILES string of the molecule is C[C@@H](O)[C@H]1C(=O)N2C(C(=O)OCOC(=O)C(C)(C)C)=C(c3ccc(CC(=O)Nc4ccoc4)cc3)C[C@H]12. The molecular weight excluding hydrogens is 480 g/mol. The van der Waals surface area contributed by atoms with Gasteiger partial charge in [0.1, 0.15) is 12.0 Å². The van der Waals surface area contributed by atoms with Crippen LogP contribution in [0.2, 0.25) is 0 Å². The number of nitrogens with one attached hydrogen (secondary N) is 1. The Morgan fingerprint density at radius 2 is 1.86 bits per heavy atom. The van der Waals surface area contributed by atoms with Crippen molar-refractivity contribution in [2.75, 3.05) is 12.1 Å². The molecule has 1 saturated heterocycles. The molecule has 3 atom stereocenters. The van der Waals surface area contributed by atoms with Gasteiger partial charge in [0.05, 0.1) is 41.9 Å². The maximum Gasteiger partial charge on any atom is 0.358 e. The number of benzene rings is 1. The number of ether oxygens (including phenoxy) is 2. The van der Waals surface area contributed by atoms with Crippen LogP contribution in [0.15, 0.2) is 53.0 Å². The largest absolute Gasteiger partial charge is 0.470 e. The zero-order valence-electron chi connectivity index (χ0n) is 21.1. The predicted molar refractivity (Wildman–Crippen MR) is 131 cm³/mol. The molecule has 2 aliphatic rings. The molecular formula is C27H30N2O8. The van der Waals surface area contributed by atoms with Crippen molar-refractivity contribution in [1.82, 2.24) is 4.90 Å². The van der Waals surface area contributed by atoms with E-state index in [-0.39, 0.29) is 30.0 Å². The fourth-order valence-corrected chi connectivity index (χ4v) is 4.49. The summed E-state index contributed by atoms with van der Waals surface area (Å²) in [6.45, 7) is 6.01. The van der Waals surface area contributed by atoms with E-state index in [0.717, 1.165) is 5.56 Å². The van der Waals surface area contributed by atoms with E-state index in [1.54, 1.807) is 58.0 Å². The van der Waals surface area contributed by atoms with Gasteiger partial charge >= 0.3 is 11.9 Å². The van der Waals surface area contributed by atoms with Crippen LogP contribution in [0.4, 0.5) is 5.69 Å². The third-order valence-corrected chi connectivity index (χ3v) is 6.39. The lowest BCUT2D eigenvalue weighted by Gasteiger charge is -2.44. The molecule has 10 heteroatoms. The van der Waals surface area contributed by atoms with Gasteiger partial charge in [-0.05, 0) is 56.9 Å². The fraction of sp³-hybridized carbons (Fsp3) is 0.407. The molecule has 2 aliphatic heterocycles. The normalized spacial score (nSPS) is 19.7. The Morgan fingerprint density at radius 1 is 1.16 bits per heavy atom. The molecule has 0 spiro atoms. The zero-order valence-corrected chi connectivity index (χ0v) is 21.1. The first-order chi connectivity index (χ1) is 17.5. The minimum absolute atomic E-state index is 0.0733. The summed E-state index contributed by atoms with van der Waals surface area (Å²) >= 11 is 0. The Morgan fingerprint density at radius 3 is 2.46 bits per heavy atom. The van der Waals surface area contributed by atoms with Crippen molar-refractivity contribution < 1.29 is 38.2 Å². The molecule has 0 saturated carbocycles. The van der Waals surface area contributed by atoms with Crippen molar-refractivity contribution in [3.8, 4) is 0 Å². The van der Waals surface area contributed by atoms with Crippen LogP contribution in [0.3, 0.4) is 0 Å². The van der Waals surface area contributed by atoms with Crippen LogP contribution >= 0.6 is 0 Å². The van der Waals surface area contributed by atoms with E-state index >= 15 is 0 Å². The number of aliphatic hydroxyl groups is 1. The number of carbonyl (C=O) groups excluding carboxylic acids is 4. The summed E-state index contributed by atoms with van der Waals surface area (Å²) in [6.07, 6.45) is 2.52. The molecule has 0 bridgehead atoms. The number of amides is 2. The first-order valence-electron chi connectivity index (χ1n) is 12.0.